The lowest BCUT2D eigenvalue weighted by Gasteiger charge is -2.06. The molecule has 0 aliphatic rings. The summed E-state index contributed by atoms with van der Waals surface area (Å²) in [7, 11) is 0. The van der Waals surface area contributed by atoms with Crippen molar-refractivity contribution < 1.29 is 4.84 Å². The Morgan fingerprint density at radius 3 is 2.67 bits per heavy atom. The van der Waals surface area contributed by atoms with E-state index in [1.165, 1.54) is 0 Å². The average Bonchev–Trinajstić information content (AvgIpc) is 2.24. The molecule has 0 aliphatic carbocycles. The second-order valence-electron chi connectivity index (χ2n) is 2.93. The van der Waals surface area contributed by atoms with E-state index in [1.807, 2.05) is 13.8 Å². The van der Waals surface area contributed by atoms with E-state index >= 15 is 0 Å². The minimum atomic E-state index is 0.543. The van der Waals surface area contributed by atoms with Gasteiger partial charge in [0.05, 0.1) is 5.71 Å². The van der Waals surface area contributed by atoms with E-state index in [0.29, 0.717) is 16.7 Å². The number of hydrogen-bond acceptors (Lipinski definition) is 2. The Bertz CT molecular complexity index is 364. The molecule has 0 aromatic heterocycles. The fourth-order valence-electron chi connectivity index (χ4n) is 1.17. The summed E-state index contributed by atoms with van der Waals surface area (Å²) in [5, 5.41) is 5.29. The molecule has 0 fully saturated rings. The molecule has 4 heteroatoms. The maximum Gasteiger partial charge on any atom is 0.114 e. The van der Waals surface area contributed by atoms with Crippen molar-refractivity contribution in [2.45, 2.75) is 20.3 Å². The highest BCUT2D eigenvalue weighted by Gasteiger charge is 2.07. The molecule has 0 N–H and O–H groups in total. The third-order valence-electron chi connectivity index (χ3n) is 1.88. The van der Waals surface area contributed by atoms with Crippen molar-refractivity contribution in [3.63, 3.8) is 0 Å². The van der Waals surface area contributed by atoms with Crippen molar-refractivity contribution in [3.8, 4) is 0 Å². The first-order valence-electron chi connectivity index (χ1n) is 4.83. The molecule has 1 rings (SSSR count). The van der Waals surface area contributed by atoms with Crippen LogP contribution in [0, 0.1) is 0 Å². The van der Waals surface area contributed by atoms with Crippen LogP contribution in [0.25, 0.3) is 0 Å². The maximum atomic E-state index is 6.05. The third-order valence-corrected chi connectivity index (χ3v) is 2.44. The van der Waals surface area contributed by atoms with Crippen LogP contribution in [0.2, 0.25) is 10.0 Å². The first kappa shape index (κ1) is 12.3. The van der Waals surface area contributed by atoms with Crippen LogP contribution in [-0.2, 0) is 4.84 Å². The van der Waals surface area contributed by atoms with Gasteiger partial charge in [0.15, 0.2) is 0 Å². The van der Waals surface area contributed by atoms with Gasteiger partial charge in [-0.25, -0.2) is 0 Å². The first-order valence-corrected chi connectivity index (χ1v) is 5.58. The van der Waals surface area contributed by atoms with Gasteiger partial charge in [-0.3, -0.25) is 0 Å². The summed E-state index contributed by atoms with van der Waals surface area (Å²) in [5.74, 6) is 0. The largest absolute Gasteiger partial charge is 0.396 e. The van der Waals surface area contributed by atoms with Gasteiger partial charge >= 0.3 is 0 Å². The number of benzene rings is 1. The molecule has 0 amide bonds. The maximum absolute atomic E-state index is 6.05. The van der Waals surface area contributed by atoms with Crippen molar-refractivity contribution in [3.05, 3.63) is 33.8 Å². The fourth-order valence-corrected chi connectivity index (χ4v) is 1.56. The van der Waals surface area contributed by atoms with Crippen LogP contribution < -0.4 is 0 Å². The van der Waals surface area contributed by atoms with E-state index in [2.05, 4.69) is 5.16 Å². The highest BCUT2D eigenvalue weighted by atomic mass is 35.5. The zero-order valence-electron chi connectivity index (χ0n) is 8.76. The van der Waals surface area contributed by atoms with Gasteiger partial charge < -0.3 is 4.84 Å². The van der Waals surface area contributed by atoms with Crippen LogP contribution in [-0.4, -0.2) is 12.3 Å². The van der Waals surface area contributed by atoms with Crippen LogP contribution in [0.3, 0.4) is 0 Å². The summed E-state index contributed by atoms with van der Waals surface area (Å²) in [6.45, 7) is 4.42. The normalized spacial score (nSPS) is 11.6. The minimum Gasteiger partial charge on any atom is -0.396 e. The van der Waals surface area contributed by atoms with Gasteiger partial charge in [-0.2, -0.15) is 0 Å². The molecular formula is C11H13Cl2NO. The number of nitrogens with zero attached hydrogens (tertiary/aromatic N) is 1. The molecule has 2 nitrogen and oxygen atoms in total. The summed E-state index contributed by atoms with van der Waals surface area (Å²) in [4.78, 5) is 5.02. The first-order chi connectivity index (χ1) is 7.19. The topological polar surface area (TPSA) is 21.6 Å². The van der Waals surface area contributed by atoms with Gasteiger partial charge in [0.1, 0.15) is 6.61 Å². The standard InChI is InChI=1S/C11H13Cl2NO/c1-3-11(14-15-4-2)9-7-8(12)5-6-10(9)13/h5-7H,3-4H2,1-2H3/b14-11+. The predicted octanol–water partition coefficient (Wildman–Crippen LogP) is 4.14. The Hall–Kier alpha value is -0.730. The molecule has 0 atom stereocenters. The van der Waals surface area contributed by atoms with Crippen LogP contribution in [0.15, 0.2) is 23.4 Å². The van der Waals surface area contributed by atoms with Crippen molar-refractivity contribution in [2.24, 2.45) is 5.16 Å². The average molecular weight is 246 g/mol. The molecule has 0 radical (unpaired) electrons. The predicted molar refractivity (Wildman–Crippen MR) is 64.9 cm³/mol. The molecular weight excluding hydrogens is 233 g/mol. The van der Waals surface area contributed by atoms with Crippen molar-refractivity contribution in [2.75, 3.05) is 6.61 Å². The molecule has 15 heavy (non-hydrogen) atoms. The SMILES string of the molecule is CCO/N=C(\CC)c1cc(Cl)ccc1Cl. The Morgan fingerprint density at radius 1 is 1.33 bits per heavy atom. The van der Waals surface area contributed by atoms with Gasteiger partial charge in [0.2, 0.25) is 0 Å². The molecule has 1 aromatic carbocycles. The molecule has 0 heterocycles. The highest BCUT2D eigenvalue weighted by Crippen LogP contribution is 2.22. The molecule has 0 saturated carbocycles. The lowest BCUT2D eigenvalue weighted by Crippen LogP contribution is -2.01. The Kier molecular flexibility index (Phi) is 4.92. The fraction of sp³-hybridized carbons (Fsp3) is 0.364. The van der Waals surface area contributed by atoms with E-state index in [4.69, 9.17) is 28.0 Å². The lowest BCUT2D eigenvalue weighted by atomic mass is 10.1. The van der Waals surface area contributed by atoms with E-state index < -0.39 is 0 Å². The molecule has 0 bridgehead atoms. The molecule has 82 valence electrons. The van der Waals surface area contributed by atoms with E-state index in [1.54, 1.807) is 18.2 Å². The number of rotatable bonds is 4. The van der Waals surface area contributed by atoms with Crippen molar-refractivity contribution in [1.29, 1.82) is 0 Å². The number of oxime groups is 1. The van der Waals surface area contributed by atoms with Crippen LogP contribution >= 0.6 is 23.2 Å². The summed E-state index contributed by atoms with van der Waals surface area (Å²) in [5.41, 5.74) is 1.64. The quantitative estimate of drug-likeness (QED) is 0.577. The van der Waals surface area contributed by atoms with Crippen LogP contribution in [0.1, 0.15) is 25.8 Å². The lowest BCUT2D eigenvalue weighted by molar-refractivity contribution is 0.158. The van der Waals surface area contributed by atoms with Gasteiger partial charge in [-0.1, -0.05) is 35.3 Å². The van der Waals surface area contributed by atoms with E-state index in [0.717, 1.165) is 17.7 Å². The summed E-state index contributed by atoms with van der Waals surface area (Å²) in [6, 6.07) is 5.31. The van der Waals surface area contributed by atoms with E-state index in [-0.39, 0.29) is 0 Å². The summed E-state index contributed by atoms with van der Waals surface area (Å²) in [6.07, 6.45) is 0.750. The van der Waals surface area contributed by atoms with Gasteiger partial charge in [-0.05, 0) is 31.5 Å². The van der Waals surface area contributed by atoms with E-state index in [9.17, 15) is 0 Å². The smallest absolute Gasteiger partial charge is 0.114 e. The van der Waals surface area contributed by atoms with Gasteiger partial charge in [0, 0.05) is 15.6 Å². The number of hydrogen-bond donors (Lipinski definition) is 0. The Balaban J connectivity index is 3.05. The minimum absolute atomic E-state index is 0.543. The van der Waals surface area contributed by atoms with Crippen LogP contribution in [0.4, 0.5) is 0 Å². The van der Waals surface area contributed by atoms with Gasteiger partial charge in [0.25, 0.3) is 0 Å². The summed E-state index contributed by atoms with van der Waals surface area (Å²) < 4.78 is 0. The Morgan fingerprint density at radius 2 is 2.07 bits per heavy atom. The Labute approximate surface area is 99.8 Å². The molecule has 0 unspecified atom stereocenters. The van der Waals surface area contributed by atoms with Crippen molar-refractivity contribution >= 4 is 28.9 Å². The van der Waals surface area contributed by atoms with Crippen LogP contribution in [0.5, 0.6) is 0 Å². The zero-order valence-corrected chi connectivity index (χ0v) is 10.3. The van der Waals surface area contributed by atoms with Crippen molar-refractivity contribution in [1.82, 2.24) is 0 Å². The zero-order chi connectivity index (χ0) is 11.3. The molecule has 0 spiro atoms. The molecule has 0 saturated heterocycles. The highest BCUT2D eigenvalue weighted by molar-refractivity contribution is 6.36. The van der Waals surface area contributed by atoms with Gasteiger partial charge in [-0.15, -0.1) is 0 Å². The summed E-state index contributed by atoms with van der Waals surface area (Å²) >= 11 is 12.0. The second kappa shape index (κ2) is 5.99. The third kappa shape index (κ3) is 3.40. The monoisotopic (exact) mass is 245 g/mol. The second-order valence-corrected chi connectivity index (χ2v) is 3.78. The molecule has 1 aromatic rings. The number of halogens is 2. The molecule has 0 aliphatic heterocycles.